The Balaban J connectivity index is 2.80. The Kier molecular flexibility index (Phi) is 6.32. The second kappa shape index (κ2) is 7.51. The molecule has 0 fully saturated rings. The van der Waals surface area contributed by atoms with E-state index in [0.717, 1.165) is 12.0 Å². The summed E-state index contributed by atoms with van der Waals surface area (Å²) in [6.07, 6.45) is 0.821. The second-order valence-corrected chi connectivity index (χ2v) is 5.55. The van der Waals surface area contributed by atoms with E-state index in [1.165, 1.54) is 0 Å². The van der Waals surface area contributed by atoms with E-state index in [1.54, 1.807) is 0 Å². The zero-order valence-corrected chi connectivity index (χ0v) is 12.6. The summed E-state index contributed by atoms with van der Waals surface area (Å²) in [6.45, 7) is 6.43. The summed E-state index contributed by atoms with van der Waals surface area (Å²) in [5.74, 6) is 0.111. The normalized spacial score (nSPS) is 14.2. The number of nitrogens with one attached hydrogen (secondary N) is 1. The SMILES string of the molecule is CCC(NC(=O)C(CN)C(C)C)c1cccc(Cl)c1. The lowest BCUT2D eigenvalue weighted by atomic mass is 9.94. The fourth-order valence-electron chi connectivity index (χ4n) is 2.11. The maximum Gasteiger partial charge on any atom is 0.225 e. The molecule has 3 N–H and O–H groups in total. The van der Waals surface area contributed by atoms with Gasteiger partial charge in [-0.2, -0.15) is 0 Å². The molecule has 1 amide bonds. The number of carbonyl (C=O) groups is 1. The quantitative estimate of drug-likeness (QED) is 0.842. The van der Waals surface area contributed by atoms with Crippen molar-refractivity contribution in [2.45, 2.75) is 33.2 Å². The van der Waals surface area contributed by atoms with Gasteiger partial charge in [0.2, 0.25) is 5.91 Å². The number of amides is 1. The van der Waals surface area contributed by atoms with Gasteiger partial charge >= 0.3 is 0 Å². The van der Waals surface area contributed by atoms with Crippen molar-refractivity contribution in [1.29, 1.82) is 0 Å². The van der Waals surface area contributed by atoms with Gasteiger partial charge in [0, 0.05) is 11.6 Å². The van der Waals surface area contributed by atoms with E-state index < -0.39 is 0 Å². The van der Waals surface area contributed by atoms with Crippen LogP contribution >= 0.6 is 11.6 Å². The molecule has 2 atom stereocenters. The van der Waals surface area contributed by atoms with Gasteiger partial charge in [0.15, 0.2) is 0 Å². The first-order valence-electron chi connectivity index (χ1n) is 6.75. The number of carbonyl (C=O) groups excluding carboxylic acids is 1. The molecule has 0 bridgehead atoms. The Labute approximate surface area is 120 Å². The van der Waals surface area contributed by atoms with E-state index in [9.17, 15) is 4.79 Å². The van der Waals surface area contributed by atoms with Crippen molar-refractivity contribution in [3.63, 3.8) is 0 Å². The molecule has 1 aromatic rings. The first-order valence-corrected chi connectivity index (χ1v) is 7.13. The molecule has 106 valence electrons. The van der Waals surface area contributed by atoms with Crippen LogP contribution in [0.2, 0.25) is 5.02 Å². The summed E-state index contributed by atoms with van der Waals surface area (Å²) < 4.78 is 0. The van der Waals surface area contributed by atoms with E-state index >= 15 is 0 Å². The van der Waals surface area contributed by atoms with Gasteiger partial charge in [0.1, 0.15) is 0 Å². The molecule has 0 aliphatic carbocycles. The van der Waals surface area contributed by atoms with Gasteiger partial charge < -0.3 is 11.1 Å². The first-order chi connectivity index (χ1) is 8.99. The highest BCUT2D eigenvalue weighted by atomic mass is 35.5. The summed E-state index contributed by atoms with van der Waals surface area (Å²) in [6, 6.07) is 7.58. The van der Waals surface area contributed by atoms with Crippen molar-refractivity contribution in [3.05, 3.63) is 34.9 Å². The molecule has 19 heavy (non-hydrogen) atoms. The molecule has 0 radical (unpaired) electrons. The van der Waals surface area contributed by atoms with Gasteiger partial charge in [0.05, 0.1) is 12.0 Å². The van der Waals surface area contributed by atoms with Crippen molar-refractivity contribution >= 4 is 17.5 Å². The fourth-order valence-corrected chi connectivity index (χ4v) is 2.30. The van der Waals surface area contributed by atoms with E-state index in [4.69, 9.17) is 17.3 Å². The predicted molar refractivity (Wildman–Crippen MR) is 80.0 cm³/mol. The van der Waals surface area contributed by atoms with Crippen LogP contribution in [0.3, 0.4) is 0 Å². The number of nitrogens with two attached hydrogens (primary N) is 1. The highest BCUT2D eigenvalue weighted by molar-refractivity contribution is 6.30. The van der Waals surface area contributed by atoms with Crippen LogP contribution in [-0.4, -0.2) is 12.5 Å². The lowest BCUT2D eigenvalue weighted by Crippen LogP contribution is -2.39. The Morgan fingerprint density at radius 1 is 1.42 bits per heavy atom. The maximum absolute atomic E-state index is 12.2. The molecule has 0 spiro atoms. The maximum atomic E-state index is 12.2. The largest absolute Gasteiger partial charge is 0.349 e. The second-order valence-electron chi connectivity index (χ2n) is 5.11. The Hall–Kier alpha value is -1.06. The third-order valence-corrected chi connectivity index (χ3v) is 3.61. The standard InChI is InChI=1S/C15H23ClN2O/c1-4-14(11-6-5-7-12(16)8-11)18-15(19)13(9-17)10(2)3/h5-8,10,13-14H,4,9,17H2,1-3H3,(H,18,19). The van der Waals surface area contributed by atoms with Crippen LogP contribution in [0, 0.1) is 11.8 Å². The summed E-state index contributed by atoms with van der Waals surface area (Å²) >= 11 is 5.99. The molecule has 3 nitrogen and oxygen atoms in total. The summed E-state index contributed by atoms with van der Waals surface area (Å²) in [7, 11) is 0. The van der Waals surface area contributed by atoms with Crippen molar-refractivity contribution in [3.8, 4) is 0 Å². The van der Waals surface area contributed by atoms with Crippen LogP contribution in [0.1, 0.15) is 38.8 Å². The van der Waals surface area contributed by atoms with Crippen molar-refractivity contribution < 1.29 is 4.79 Å². The zero-order valence-electron chi connectivity index (χ0n) is 11.8. The van der Waals surface area contributed by atoms with Crippen LogP contribution in [0.25, 0.3) is 0 Å². The molecule has 0 aromatic heterocycles. The highest BCUT2D eigenvalue weighted by Gasteiger charge is 2.23. The molecule has 4 heteroatoms. The Morgan fingerprint density at radius 2 is 2.11 bits per heavy atom. The topological polar surface area (TPSA) is 55.1 Å². The average molecular weight is 283 g/mol. The Morgan fingerprint density at radius 3 is 2.58 bits per heavy atom. The zero-order chi connectivity index (χ0) is 14.4. The third-order valence-electron chi connectivity index (χ3n) is 3.37. The molecule has 1 aromatic carbocycles. The van der Waals surface area contributed by atoms with Crippen LogP contribution in [-0.2, 0) is 4.79 Å². The minimum Gasteiger partial charge on any atom is -0.349 e. The smallest absolute Gasteiger partial charge is 0.225 e. The molecule has 1 rings (SSSR count). The number of hydrogen-bond donors (Lipinski definition) is 2. The molecule has 2 unspecified atom stereocenters. The lowest BCUT2D eigenvalue weighted by Gasteiger charge is -2.23. The number of benzene rings is 1. The third kappa shape index (κ3) is 4.51. The van der Waals surface area contributed by atoms with Crippen LogP contribution in [0.15, 0.2) is 24.3 Å². The molecule has 0 aliphatic rings. The number of halogens is 1. The molecule has 0 saturated heterocycles. The van der Waals surface area contributed by atoms with Crippen molar-refractivity contribution in [1.82, 2.24) is 5.32 Å². The monoisotopic (exact) mass is 282 g/mol. The molecule has 0 saturated carbocycles. The van der Waals surface area contributed by atoms with E-state index in [2.05, 4.69) is 5.32 Å². The predicted octanol–water partition coefficient (Wildman–Crippen LogP) is 3.14. The lowest BCUT2D eigenvalue weighted by molar-refractivity contribution is -0.126. The average Bonchev–Trinajstić information content (AvgIpc) is 2.36. The van der Waals surface area contributed by atoms with Gasteiger partial charge in [0.25, 0.3) is 0 Å². The summed E-state index contributed by atoms with van der Waals surface area (Å²) in [4.78, 5) is 12.2. The highest BCUT2D eigenvalue weighted by Crippen LogP contribution is 2.21. The molecular weight excluding hydrogens is 260 g/mol. The van der Waals surface area contributed by atoms with Crippen LogP contribution in [0.5, 0.6) is 0 Å². The Bertz CT molecular complexity index is 420. The number of hydrogen-bond acceptors (Lipinski definition) is 2. The van der Waals surface area contributed by atoms with E-state index in [0.29, 0.717) is 11.6 Å². The van der Waals surface area contributed by atoms with E-state index in [-0.39, 0.29) is 23.8 Å². The van der Waals surface area contributed by atoms with Crippen molar-refractivity contribution in [2.75, 3.05) is 6.54 Å². The molecule has 0 aliphatic heterocycles. The summed E-state index contributed by atoms with van der Waals surface area (Å²) in [5.41, 5.74) is 6.70. The number of rotatable bonds is 6. The van der Waals surface area contributed by atoms with E-state index in [1.807, 2.05) is 45.0 Å². The van der Waals surface area contributed by atoms with Gasteiger partial charge in [-0.15, -0.1) is 0 Å². The minimum atomic E-state index is -0.145. The van der Waals surface area contributed by atoms with Gasteiger partial charge in [-0.05, 0) is 30.0 Å². The van der Waals surface area contributed by atoms with Crippen molar-refractivity contribution in [2.24, 2.45) is 17.6 Å². The van der Waals surface area contributed by atoms with Crippen LogP contribution in [0.4, 0.5) is 0 Å². The summed E-state index contributed by atoms with van der Waals surface area (Å²) in [5, 5.41) is 3.75. The van der Waals surface area contributed by atoms with Crippen LogP contribution < -0.4 is 11.1 Å². The first kappa shape index (κ1) is 16.0. The van der Waals surface area contributed by atoms with Gasteiger partial charge in [-0.3, -0.25) is 4.79 Å². The minimum absolute atomic E-state index is 0.0148. The molecule has 0 heterocycles. The fraction of sp³-hybridized carbons (Fsp3) is 0.533. The van der Waals surface area contributed by atoms with Gasteiger partial charge in [-0.1, -0.05) is 44.5 Å². The molecular formula is C15H23ClN2O. The van der Waals surface area contributed by atoms with Gasteiger partial charge in [-0.25, -0.2) is 0 Å².